The van der Waals surface area contributed by atoms with Gasteiger partial charge in [0.15, 0.2) is 0 Å². The van der Waals surface area contributed by atoms with Gasteiger partial charge in [0.05, 0.1) is 0 Å². The Balaban J connectivity index is 2.51. The lowest BCUT2D eigenvalue weighted by molar-refractivity contribution is 0.288. The Kier molecular flexibility index (Phi) is 3.62. The summed E-state index contributed by atoms with van der Waals surface area (Å²) in [4.78, 5) is 0. The minimum atomic E-state index is 0.793. The zero-order valence-electron chi connectivity index (χ0n) is 8.40. The molecule has 1 fully saturated rings. The Labute approximate surface area is 76.4 Å². The molecule has 68 valence electrons. The van der Waals surface area contributed by atoms with E-state index in [4.69, 9.17) is 0 Å². The smallest absolute Gasteiger partial charge is 0.0127 e. The fourth-order valence-electron chi connectivity index (χ4n) is 2.20. The highest BCUT2D eigenvalue weighted by molar-refractivity contribution is 5.02. The second-order valence-electron chi connectivity index (χ2n) is 4.00. The first-order valence-corrected chi connectivity index (χ1v) is 5.14. The first-order chi connectivity index (χ1) is 5.77. The van der Waals surface area contributed by atoms with Crippen molar-refractivity contribution in [1.29, 1.82) is 0 Å². The van der Waals surface area contributed by atoms with Gasteiger partial charge in [-0.1, -0.05) is 32.8 Å². The molecule has 0 aromatic rings. The summed E-state index contributed by atoms with van der Waals surface area (Å²) in [5.74, 6) is 1.76. The molecule has 0 heterocycles. The fraction of sp³-hybridized carbons (Fsp3) is 0.750. The van der Waals surface area contributed by atoms with Crippen LogP contribution in [0.5, 0.6) is 0 Å². The van der Waals surface area contributed by atoms with Gasteiger partial charge in [0.25, 0.3) is 0 Å². The van der Waals surface area contributed by atoms with E-state index in [2.05, 4.69) is 26.2 Å². The average Bonchev–Trinajstić information content (AvgIpc) is 2.17. The standard InChI is InChI=1S/C12H20/c1-4-10(3)12-8-6-7-11(5-2)9-12/h11-12H,1,5-9H2,2-3H3. The predicted molar refractivity (Wildman–Crippen MR) is 54.1 cm³/mol. The molecule has 0 radical (unpaired) electrons. The van der Waals surface area contributed by atoms with Gasteiger partial charge in [0.1, 0.15) is 0 Å². The largest absolute Gasteiger partial charge is 0.130 e. The molecule has 1 saturated carbocycles. The van der Waals surface area contributed by atoms with E-state index < -0.39 is 0 Å². The maximum Gasteiger partial charge on any atom is -0.0127 e. The molecule has 0 bridgehead atoms. The first kappa shape index (κ1) is 9.61. The van der Waals surface area contributed by atoms with Crippen molar-refractivity contribution in [2.24, 2.45) is 11.8 Å². The molecule has 0 N–H and O–H groups in total. The van der Waals surface area contributed by atoms with E-state index in [9.17, 15) is 0 Å². The highest BCUT2D eigenvalue weighted by Gasteiger charge is 2.21. The molecule has 0 nitrogen and oxygen atoms in total. The van der Waals surface area contributed by atoms with Crippen LogP contribution >= 0.6 is 0 Å². The van der Waals surface area contributed by atoms with Crippen molar-refractivity contribution in [1.82, 2.24) is 0 Å². The SMILES string of the molecule is C=C=C(C)C1CCCC(CC)C1. The van der Waals surface area contributed by atoms with E-state index in [0.29, 0.717) is 0 Å². The van der Waals surface area contributed by atoms with Gasteiger partial charge in [-0.3, -0.25) is 0 Å². The molecule has 1 rings (SSSR count). The Morgan fingerprint density at radius 2 is 2.25 bits per heavy atom. The van der Waals surface area contributed by atoms with Gasteiger partial charge in [-0.25, -0.2) is 0 Å². The van der Waals surface area contributed by atoms with E-state index in [-0.39, 0.29) is 0 Å². The molecule has 2 atom stereocenters. The van der Waals surface area contributed by atoms with Gasteiger partial charge in [-0.2, -0.15) is 0 Å². The fourth-order valence-corrected chi connectivity index (χ4v) is 2.20. The molecule has 0 heteroatoms. The van der Waals surface area contributed by atoms with Crippen molar-refractivity contribution in [2.75, 3.05) is 0 Å². The number of hydrogen-bond acceptors (Lipinski definition) is 0. The topological polar surface area (TPSA) is 0 Å². The van der Waals surface area contributed by atoms with Crippen LogP contribution in [-0.4, -0.2) is 0 Å². The molecular formula is C12H20. The first-order valence-electron chi connectivity index (χ1n) is 5.14. The van der Waals surface area contributed by atoms with Crippen LogP contribution in [0.2, 0.25) is 0 Å². The van der Waals surface area contributed by atoms with Crippen LogP contribution in [0.4, 0.5) is 0 Å². The molecule has 0 amide bonds. The molecule has 0 spiro atoms. The molecule has 0 aliphatic heterocycles. The van der Waals surface area contributed by atoms with Crippen LogP contribution in [-0.2, 0) is 0 Å². The Bertz CT molecular complexity index is 184. The van der Waals surface area contributed by atoms with Gasteiger partial charge in [-0.05, 0) is 37.2 Å². The van der Waals surface area contributed by atoms with Gasteiger partial charge in [0, 0.05) is 0 Å². The van der Waals surface area contributed by atoms with Crippen molar-refractivity contribution in [3.05, 3.63) is 17.9 Å². The quantitative estimate of drug-likeness (QED) is 0.542. The Morgan fingerprint density at radius 1 is 1.50 bits per heavy atom. The second kappa shape index (κ2) is 4.52. The Hall–Kier alpha value is -0.480. The lowest BCUT2D eigenvalue weighted by atomic mass is 9.77. The summed E-state index contributed by atoms with van der Waals surface area (Å²) < 4.78 is 0. The molecule has 12 heavy (non-hydrogen) atoms. The maximum atomic E-state index is 3.72. The van der Waals surface area contributed by atoms with Crippen molar-refractivity contribution in [2.45, 2.75) is 46.0 Å². The van der Waals surface area contributed by atoms with Crippen LogP contribution in [0.25, 0.3) is 0 Å². The molecule has 1 aliphatic carbocycles. The van der Waals surface area contributed by atoms with Crippen molar-refractivity contribution in [3.8, 4) is 0 Å². The zero-order chi connectivity index (χ0) is 8.97. The maximum absolute atomic E-state index is 3.72. The third kappa shape index (κ3) is 2.25. The molecule has 0 aromatic carbocycles. The van der Waals surface area contributed by atoms with Crippen LogP contribution in [0, 0.1) is 11.8 Å². The van der Waals surface area contributed by atoms with Gasteiger partial charge in [-0.15, -0.1) is 5.73 Å². The average molecular weight is 164 g/mol. The second-order valence-corrected chi connectivity index (χ2v) is 4.00. The minimum absolute atomic E-state index is 0.793. The van der Waals surface area contributed by atoms with Crippen LogP contribution in [0.15, 0.2) is 17.9 Å². The van der Waals surface area contributed by atoms with E-state index in [0.717, 1.165) is 11.8 Å². The van der Waals surface area contributed by atoms with Crippen LogP contribution in [0.3, 0.4) is 0 Å². The van der Waals surface area contributed by atoms with Crippen molar-refractivity contribution >= 4 is 0 Å². The van der Waals surface area contributed by atoms with Crippen molar-refractivity contribution in [3.63, 3.8) is 0 Å². The number of hydrogen-bond donors (Lipinski definition) is 0. The number of rotatable bonds is 2. The van der Waals surface area contributed by atoms with Gasteiger partial charge in [0.2, 0.25) is 0 Å². The van der Waals surface area contributed by atoms with Gasteiger partial charge >= 0.3 is 0 Å². The molecule has 1 aliphatic rings. The van der Waals surface area contributed by atoms with E-state index in [1.807, 2.05) is 0 Å². The lowest BCUT2D eigenvalue weighted by Gasteiger charge is -2.28. The predicted octanol–water partition coefficient (Wildman–Crippen LogP) is 3.93. The number of allylic oxidation sites excluding steroid dienone is 1. The summed E-state index contributed by atoms with van der Waals surface area (Å²) in [5.41, 5.74) is 4.43. The minimum Gasteiger partial charge on any atom is -0.130 e. The molecule has 2 unspecified atom stereocenters. The highest BCUT2D eigenvalue weighted by Crippen LogP contribution is 2.34. The lowest BCUT2D eigenvalue weighted by Crippen LogP contribution is -2.15. The summed E-state index contributed by atoms with van der Waals surface area (Å²) in [6.45, 7) is 8.21. The third-order valence-corrected chi connectivity index (χ3v) is 3.25. The molecule has 0 saturated heterocycles. The van der Waals surface area contributed by atoms with E-state index in [1.54, 1.807) is 0 Å². The van der Waals surface area contributed by atoms with E-state index in [1.165, 1.54) is 37.7 Å². The molecular weight excluding hydrogens is 144 g/mol. The monoisotopic (exact) mass is 164 g/mol. The molecule has 0 aromatic heterocycles. The summed E-state index contributed by atoms with van der Waals surface area (Å²) in [7, 11) is 0. The summed E-state index contributed by atoms with van der Waals surface area (Å²) in [5, 5.41) is 0. The van der Waals surface area contributed by atoms with Crippen LogP contribution < -0.4 is 0 Å². The summed E-state index contributed by atoms with van der Waals surface area (Å²) in [6, 6.07) is 0. The van der Waals surface area contributed by atoms with Crippen molar-refractivity contribution < 1.29 is 0 Å². The van der Waals surface area contributed by atoms with Crippen LogP contribution in [0.1, 0.15) is 46.0 Å². The highest BCUT2D eigenvalue weighted by atomic mass is 14.3. The van der Waals surface area contributed by atoms with E-state index >= 15 is 0 Å². The third-order valence-electron chi connectivity index (χ3n) is 3.25. The summed E-state index contributed by atoms with van der Waals surface area (Å²) in [6.07, 6.45) is 6.94. The zero-order valence-corrected chi connectivity index (χ0v) is 8.40. The summed E-state index contributed by atoms with van der Waals surface area (Å²) >= 11 is 0. The van der Waals surface area contributed by atoms with Gasteiger partial charge < -0.3 is 0 Å². The normalized spacial score (nSPS) is 29.5. The Morgan fingerprint density at radius 3 is 2.83 bits per heavy atom.